The first-order valence-electron chi connectivity index (χ1n) is 9.37. The van der Waals surface area contributed by atoms with Crippen molar-refractivity contribution < 1.29 is 23.2 Å². The van der Waals surface area contributed by atoms with Crippen LogP contribution >= 0.6 is 11.8 Å². The van der Waals surface area contributed by atoms with Gasteiger partial charge in [0.2, 0.25) is 0 Å². The third kappa shape index (κ3) is 5.82. The number of rotatable bonds is 7. The van der Waals surface area contributed by atoms with Gasteiger partial charge in [-0.15, -0.1) is 11.8 Å². The second-order valence-corrected chi connectivity index (χ2v) is 7.57. The quantitative estimate of drug-likeness (QED) is 0.425. The lowest BCUT2D eigenvalue weighted by molar-refractivity contribution is -0.128. The van der Waals surface area contributed by atoms with Crippen LogP contribution in [-0.4, -0.2) is 28.1 Å². The first-order chi connectivity index (χ1) is 14.8. The number of halogens is 1. The van der Waals surface area contributed by atoms with E-state index in [2.05, 4.69) is 21.0 Å². The molecule has 0 radical (unpaired) electrons. The maximum atomic E-state index is 13.0. The van der Waals surface area contributed by atoms with Crippen LogP contribution in [-0.2, 0) is 10.5 Å². The number of benzene rings is 1. The van der Waals surface area contributed by atoms with Crippen LogP contribution in [0.4, 0.5) is 4.39 Å². The fourth-order valence-corrected chi connectivity index (χ4v) is 3.73. The molecule has 0 saturated heterocycles. The lowest BCUT2D eigenvalue weighted by atomic mass is 10.2. The van der Waals surface area contributed by atoms with Crippen LogP contribution < -0.4 is 15.6 Å². The highest BCUT2D eigenvalue weighted by Crippen LogP contribution is 2.27. The summed E-state index contributed by atoms with van der Waals surface area (Å²) in [6.07, 6.45) is 0.678. The third-order valence-corrected chi connectivity index (χ3v) is 5.38. The molecule has 0 saturated carbocycles. The first kappa shape index (κ1) is 22.3. The Hall–Kier alpha value is -3.40. The monoisotopic (exact) mass is 444 g/mol. The largest absolute Gasteiger partial charge is 0.481 e. The number of amides is 2. The number of thioether (sulfide) groups is 1. The van der Waals surface area contributed by atoms with E-state index in [4.69, 9.17) is 9.26 Å². The van der Waals surface area contributed by atoms with Gasteiger partial charge in [-0.3, -0.25) is 20.4 Å². The molecule has 1 unspecified atom stereocenters. The van der Waals surface area contributed by atoms with Crippen molar-refractivity contribution in [2.45, 2.75) is 37.7 Å². The fraction of sp³-hybridized carbons (Fsp3) is 0.238. The number of carbonyl (C=O) groups is 2. The molecule has 10 heteroatoms. The van der Waals surface area contributed by atoms with Crippen LogP contribution in [0.2, 0.25) is 0 Å². The Morgan fingerprint density at radius 1 is 1.19 bits per heavy atom. The number of nitrogens with one attached hydrogen (secondary N) is 2. The highest BCUT2D eigenvalue weighted by atomic mass is 32.2. The maximum absolute atomic E-state index is 13.0. The SMILES string of the molecule is Cc1noc(C)c1CSc1ncccc1C(=O)NNC(=O)C(C)Oc1ccc(F)cc1. The molecular formula is C21H21FN4O4S. The van der Waals surface area contributed by atoms with Gasteiger partial charge in [0, 0.05) is 17.5 Å². The third-order valence-electron chi connectivity index (χ3n) is 4.35. The molecule has 0 bridgehead atoms. The molecule has 0 aliphatic heterocycles. The van der Waals surface area contributed by atoms with Crippen LogP contribution in [0.15, 0.2) is 52.1 Å². The molecule has 2 heterocycles. The van der Waals surface area contributed by atoms with Gasteiger partial charge in [-0.2, -0.15) is 0 Å². The summed E-state index contributed by atoms with van der Waals surface area (Å²) in [4.78, 5) is 29.1. The number of carbonyl (C=O) groups excluding carboxylic acids is 2. The molecule has 31 heavy (non-hydrogen) atoms. The molecule has 0 aliphatic carbocycles. The molecule has 0 aliphatic rings. The molecular weight excluding hydrogens is 423 g/mol. The zero-order valence-electron chi connectivity index (χ0n) is 17.1. The summed E-state index contributed by atoms with van der Waals surface area (Å²) in [7, 11) is 0. The predicted molar refractivity (Wildman–Crippen MR) is 112 cm³/mol. The molecule has 3 aromatic rings. The van der Waals surface area contributed by atoms with Crippen LogP contribution in [0.25, 0.3) is 0 Å². The van der Waals surface area contributed by atoms with E-state index < -0.39 is 23.7 Å². The number of hydrazine groups is 1. The van der Waals surface area contributed by atoms with E-state index in [0.29, 0.717) is 27.9 Å². The van der Waals surface area contributed by atoms with Crippen molar-refractivity contribution in [1.82, 2.24) is 21.0 Å². The maximum Gasteiger partial charge on any atom is 0.279 e. The summed E-state index contributed by atoms with van der Waals surface area (Å²) in [5, 5.41) is 4.42. The first-order valence-corrected chi connectivity index (χ1v) is 10.4. The molecule has 2 aromatic heterocycles. The number of ether oxygens (including phenoxy) is 1. The molecule has 0 spiro atoms. The van der Waals surface area contributed by atoms with Gasteiger partial charge in [-0.1, -0.05) is 5.16 Å². The molecule has 8 nitrogen and oxygen atoms in total. The molecule has 162 valence electrons. The van der Waals surface area contributed by atoms with Crippen molar-refractivity contribution in [2.75, 3.05) is 0 Å². The van der Waals surface area contributed by atoms with E-state index in [1.165, 1.54) is 43.0 Å². The van der Waals surface area contributed by atoms with Gasteiger partial charge in [0.05, 0.1) is 11.3 Å². The standard InChI is InChI=1S/C21H21FN4O4S/c1-12-18(13(2)30-26-12)11-31-21-17(5-4-10-23-21)20(28)25-24-19(27)14(3)29-16-8-6-15(22)7-9-16/h4-10,14H,11H2,1-3H3,(H,24,27)(H,25,28). The lowest BCUT2D eigenvalue weighted by Gasteiger charge is -2.15. The summed E-state index contributed by atoms with van der Waals surface area (Å²) in [5.74, 6) is 0.0993. The van der Waals surface area contributed by atoms with E-state index in [1.54, 1.807) is 18.3 Å². The number of hydrogen-bond donors (Lipinski definition) is 2. The highest BCUT2D eigenvalue weighted by Gasteiger charge is 2.19. The van der Waals surface area contributed by atoms with Crippen molar-refractivity contribution in [3.8, 4) is 5.75 Å². The van der Waals surface area contributed by atoms with E-state index in [0.717, 1.165) is 11.3 Å². The van der Waals surface area contributed by atoms with Gasteiger partial charge < -0.3 is 9.26 Å². The molecule has 1 atom stereocenters. The Morgan fingerprint density at radius 3 is 2.61 bits per heavy atom. The number of nitrogens with zero attached hydrogens (tertiary/aromatic N) is 2. The Labute approximate surface area is 182 Å². The Kier molecular flexibility index (Phi) is 7.24. The van der Waals surface area contributed by atoms with E-state index >= 15 is 0 Å². The smallest absolute Gasteiger partial charge is 0.279 e. The average molecular weight is 444 g/mol. The molecule has 2 N–H and O–H groups in total. The van der Waals surface area contributed by atoms with E-state index in [-0.39, 0.29) is 0 Å². The summed E-state index contributed by atoms with van der Waals surface area (Å²) in [6.45, 7) is 5.19. The summed E-state index contributed by atoms with van der Waals surface area (Å²) in [6, 6.07) is 8.53. The highest BCUT2D eigenvalue weighted by molar-refractivity contribution is 7.98. The molecule has 3 rings (SSSR count). The molecule has 2 amide bonds. The van der Waals surface area contributed by atoms with Gasteiger partial charge in [-0.25, -0.2) is 9.37 Å². The van der Waals surface area contributed by atoms with Crippen molar-refractivity contribution in [1.29, 1.82) is 0 Å². The minimum absolute atomic E-state index is 0.312. The van der Waals surface area contributed by atoms with Crippen molar-refractivity contribution in [3.63, 3.8) is 0 Å². The van der Waals surface area contributed by atoms with Gasteiger partial charge in [0.15, 0.2) is 6.10 Å². The molecule has 1 aromatic carbocycles. The zero-order valence-corrected chi connectivity index (χ0v) is 18.0. The summed E-state index contributed by atoms with van der Waals surface area (Å²) >= 11 is 1.36. The fourth-order valence-electron chi connectivity index (χ4n) is 2.59. The Balaban J connectivity index is 1.57. The van der Waals surface area contributed by atoms with Crippen LogP contribution in [0.3, 0.4) is 0 Å². The second-order valence-electron chi connectivity index (χ2n) is 6.60. The number of aromatic nitrogens is 2. The van der Waals surface area contributed by atoms with Crippen LogP contribution in [0.5, 0.6) is 5.75 Å². The second kappa shape index (κ2) is 10.1. The van der Waals surface area contributed by atoms with Crippen molar-refractivity contribution in [3.05, 3.63) is 71.0 Å². The number of aryl methyl sites for hydroxylation is 2. The van der Waals surface area contributed by atoms with Gasteiger partial charge in [0.25, 0.3) is 11.8 Å². The van der Waals surface area contributed by atoms with Gasteiger partial charge >= 0.3 is 0 Å². The minimum Gasteiger partial charge on any atom is -0.481 e. The predicted octanol–water partition coefficient (Wildman–Crippen LogP) is 3.35. The van der Waals surface area contributed by atoms with Crippen molar-refractivity contribution in [2.24, 2.45) is 0 Å². The Morgan fingerprint density at radius 2 is 1.94 bits per heavy atom. The zero-order chi connectivity index (χ0) is 22.4. The average Bonchev–Trinajstić information content (AvgIpc) is 3.09. The minimum atomic E-state index is -0.909. The van der Waals surface area contributed by atoms with Gasteiger partial charge in [-0.05, 0) is 57.2 Å². The van der Waals surface area contributed by atoms with Crippen LogP contribution in [0, 0.1) is 19.7 Å². The summed E-state index contributed by atoms with van der Waals surface area (Å²) < 4.78 is 23.6. The number of hydrogen-bond acceptors (Lipinski definition) is 7. The summed E-state index contributed by atoms with van der Waals surface area (Å²) in [5.41, 5.74) is 6.74. The van der Waals surface area contributed by atoms with E-state index in [1.807, 2.05) is 13.8 Å². The van der Waals surface area contributed by atoms with Gasteiger partial charge in [0.1, 0.15) is 22.4 Å². The topological polar surface area (TPSA) is 106 Å². The molecule has 0 fully saturated rings. The van der Waals surface area contributed by atoms with Crippen LogP contribution in [0.1, 0.15) is 34.3 Å². The van der Waals surface area contributed by atoms with E-state index in [9.17, 15) is 14.0 Å². The lowest BCUT2D eigenvalue weighted by Crippen LogP contribution is -2.47. The number of pyridine rings is 1. The Bertz CT molecular complexity index is 1050. The normalized spacial score (nSPS) is 11.6. The van der Waals surface area contributed by atoms with Crippen molar-refractivity contribution >= 4 is 23.6 Å².